The fraction of sp³-hybridized carbons (Fsp3) is 0.214. The number of fused-ring (bicyclic) bond motifs is 1. The van der Waals surface area contributed by atoms with Crippen molar-refractivity contribution in [2.45, 2.75) is 20.0 Å². The molecule has 0 atom stereocenters. The third-order valence-electron chi connectivity index (χ3n) is 3.22. The molecule has 9 heteroatoms. The Morgan fingerprint density at radius 2 is 2.04 bits per heavy atom. The van der Waals surface area contributed by atoms with E-state index in [1.807, 2.05) is 37.4 Å². The summed E-state index contributed by atoms with van der Waals surface area (Å²) in [6.45, 7) is 3.91. The predicted octanol–water partition coefficient (Wildman–Crippen LogP) is 3.58. The monoisotopic (exact) mass is 340 g/mol. The van der Waals surface area contributed by atoms with Gasteiger partial charge in [0.15, 0.2) is 0 Å². The average Bonchev–Trinajstić information content (AvgIpc) is 2.98. The molecule has 3 aromatic rings. The van der Waals surface area contributed by atoms with Gasteiger partial charge in [-0.3, -0.25) is 10.1 Å². The molecule has 0 bridgehead atoms. The van der Waals surface area contributed by atoms with Crippen molar-refractivity contribution in [3.63, 3.8) is 0 Å². The van der Waals surface area contributed by atoms with E-state index in [9.17, 15) is 18.0 Å². The fourth-order valence-electron chi connectivity index (χ4n) is 2.19. The third-order valence-corrected chi connectivity index (χ3v) is 4.04. The third kappa shape index (κ3) is 2.91. The Hall–Kier alpha value is -2.42. The number of hydrogen-bond acceptors (Lipinski definition) is 4. The Morgan fingerprint density at radius 1 is 1.30 bits per heavy atom. The van der Waals surface area contributed by atoms with Crippen molar-refractivity contribution in [3.8, 4) is 11.3 Å². The number of carbonyl (C=O) groups is 1. The molecule has 0 saturated carbocycles. The van der Waals surface area contributed by atoms with E-state index in [2.05, 4.69) is 10.1 Å². The maximum Gasteiger partial charge on any atom is 0.471 e. The molecule has 23 heavy (non-hydrogen) atoms. The Bertz CT molecular complexity index is 897. The number of nitrogens with one attached hydrogen (secondary N) is 1. The minimum atomic E-state index is -4.98. The van der Waals surface area contributed by atoms with Crippen molar-refractivity contribution in [2.75, 3.05) is 5.32 Å². The van der Waals surface area contributed by atoms with Gasteiger partial charge >= 0.3 is 12.1 Å². The molecule has 0 unspecified atom stereocenters. The number of nitrogens with zero attached hydrogens (tertiary/aromatic N) is 3. The van der Waals surface area contributed by atoms with Crippen molar-refractivity contribution >= 4 is 28.2 Å². The zero-order chi connectivity index (χ0) is 16.8. The van der Waals surface area contributed by atoms with Gasteiger partial charge < -0.3 is 0 Å². The Morgan fingerprint density at radius 3 is 2.70 bits per heavy atom. The van der Waals surface area contributed by atoms with Gasteiger partial charge in [0.1, 0.15) is 0 Å². The molecule has 0 aliphatic carbocycles. The maximum absolute atomic E-state index is 12.3. The summed E-state index contributed by atoms with van der Waals surface area (Å²) in [5, 5.41) is 7.43. The Balaban J connectivity index is 1.99. The summed E-state index contributed by atoms with van der Waals surface area (Å²) in [7, 11) is 0. The molecule has 1 N–H and O–H groups in total. The first-order valence-corrected chi connectivity index (χ1v) is 7.44. The van der Waals surface area contributed by atoms with E-state index in [-0.39, 0.29) is 5.95 Å². The number of hydrogen-bond donors (Lipinski definition) is 1. The molecule has 1 amide bonds. The average molecular weight is 340 g/mol. The second-order valence-electron chi connectivity index (χ2n) is 5.02. The van der Waals surface area contributed by atoms with Gasteiger partial charge in [-0.1, -0.05) is 23.8 Å². The number of benzene rings is 1. The van der Waals surface area contributed by atoms with Crippen LogP contribution in [0.3, 0.4) is 0 Å². The van der Waals surface area contributed by atoms with Crippen LogP contribution in [-0.2, 0) is 4.79 Å². The molecule has 2 aromatic heterocycles. The van der Waals surface area contributed by atoms with Crippen molar-refractivity contribution in [1.29, 1.82) is 0 Å². The number of carbonyl (C=O) groups excluding carboxylic acids is 1. The first-order valence-electron chi connectivity index (χ1n) is 6.56. The normalized spacial score (nSPS) is 11.9. The molecule has 5 nitrogen and oxygen atoms in total. The van der Waals surface area contributed by atoms with Crippen molar-refractivity contribution in [3.05, 3.63) is 34.7 Å². The van der Waals surface area contributed by atoms with Gasteiger partial charge in [0.05, 0.1) is 5.69 Å². The van der Waals surface area contributed by atoms with E-state index in [0.29, 0.717) is 10.7 Å². The Labute approximate surface area is 132 Å². The molecule has 0 aliphatic rings. The fourth-order valence-corrected chi connectivity index (χ4v) is 3.02. The van der Waals surface area contributed by atoms with E-state index >= 15 is 0 Å². The lowest BCUT2D eigenvalue weighted by atomic mass is 10.0. The van der Waals surface area contributed by atoms with Crippen LogP contribution in [0, 0.1) is 13.8 Å². The van der Waals surface area contributed by atoms with Crippen molar-refractivity contribution in [2.24, 2.45) is 0 Å². The molecule has 0 spiro atoms. The topological polar surface area (TPSA) is 59.3 Å². The molecule has 0 radical (unpaired) electrons. The summed E-state index contributed by atoms with van der Waals surface area (Å²) in [5.74, 6) is -2.46. The number of amides is 1. The summed E-state index contributed by atoms with van der Waals surface area (Å²) in [6.07, 6.45) is -4.98. The van der Waals surface area contributed by atoms with E-state index in [1.165, 1.54) is 15.9 Å². The summed E-state index contributed by atoms with van der Waals surface area (Å²) in [4.78, 5) is 15.3. The summed E-state index contributed by atoms with van der Waals surface area (Å²) in [6, 6.07) is 5.86. The molecular weight excluding hydrogens is 329 g/mol. The number of aryl methyl sites for hydroxylation is 2. The minimum absolute atomic E-state index is 0.370. The first-order chi connectivity index (χ1) is 10.8. The molecule has 1 aromatic carbocycles. The van der Waals surface area contributed by atoms with Crippen LogP contribution in [-0.4, -0.2) is 26.7 Å². The van der Waals surface area contributed by atoms with Crippen LogP contribution in [0.25, 0.3) is 16.2 Å². The number of aromatic nitrogens is 3. The predicted molar refractivity (Wildman–Crippen MR) is 80.5 cm³/mol. The lowest BCUT2D eigenvalue weighted by Crippen LogP contribution is -2.30. The zero-order valence-corrected chi connectivity index (χ0v) is 12.9. The van der Waals surface area contributed by atoms with Gasteiger partial charge in [-0.05, 0) is 19.4 Å². The van der Waals surface area contributed by atoms with Gasteiger partial charge in [0.2, 0.25) is 4.96 Å². The summed E-state index contributed by atoms with van der Waals surface area (Å²) in [5.41, 5.74) is 3.73. The quantitative estimate of drug-likeness (QED) is 0.776. The van der Waals surface area contributed by atoms with E-state index in [0.717, 1.165) is 16.7 Å². The number of thiazole rings is 1. The minimum Gasteiger partial charge on any atom is -0.285 e. The largest absolute Gasteiger partial charge is 0.471 e. The Kier molecular flexibility index (Phi) is 3.59. The molecule has 3 rings (SSSR count). The van der Waals surface area contributed by atoms with Crippen molar-refractivity contribution in [1.82, 2.24) is 14.6 Å². The van der Waals surface area contributed by atoms with Gasteiger partial charge in [-0.15, -0.1) is 16.4 Å². The summed E-state index contributed by atoms with van der Waals surface area (Å²) < 4.78 is 38.3. The van der Waals surface area contributed by atoms with Crippen LogP contribution in [0.5, 0.6) is 0 Å². The number of rotatable bonds is 2. The molecular formula is C14H11F3N4OS. The van der Waals surface area contributed by atoms with Crippen molar-refractivity contribution < 1.29 is 18.0 Å². The van der Waals surface area contributed by atoms with Crippen LogP contribution in [0.2, 0.25) is 0 Å². The maximum atomic E-state index is 12.3. The number of alkyl halides is 3. The smallest absolute Gasteiger partial charge is 0.285 e. The van der Waals surface area contributed by atoms with E-state index in [1.54, 1.807) is 5.32 Å². The SMILES string of the molecule is Cc1ccc(-c2csc3nc(NC(=O)C(F)(F)F)nn23)c(C)c1. The molecule has 0 fully saturated rings. The second-order valence-corrected chi connectivity index (χ2v) is 5.86. The highest BCUT2D eigenvalue weighted by Crippen LogP contribution is 2.29. The van der Waals surface area contributed by atoms with Gasteiger partial charge in [-0.25, -0.2) is 4.52 Å². The lowest BCUT2D eigenvalue weighted by molar-refractivity contribution is -0.167. The zero-order valence-electron chi connectivity index (χ0n) is 12.1. The van der Waals surface area contributed by atoms with Crippen LogP contribution < -0.4 is 5.32 Å². The highest BCUT2D eigenvalue weighted by atomic mass is 32.1. The standard InChI is InChI=1S/C14H11F3N4OS/c1-7-3-4-9(8(2)5-7)10-6-23-13-19-12(20-21(10)13)18-11(22)14(15,16)17/h3-6H,1-2H3,(H,18,20,22). The van der Waals surface area contributed by atoms with Crippen LogP contribution >= 0.6 is 11.3 Å². The van der Waals surface area contributed by atoms with Crippen LogP contribution in [0.1, 0.15) is 11.1 Å². The number of halogens is 3. The van der Waals surface area contributed by atoms with E-state index < -0.39 is 12.1 Å². The highest BCUT2D eigenvalue weighted by molar-refractivity contribution is 7.15. The molecule has 0 saturated heterocycles. The van der Waals surface area contributed by atoms with Crippen LogP contribution in [0.15, 0.2) is 23.6 Å². The van der Waals surface area contributed by atoms with Gasteiger partial charge in [-0.2, -0.15) is 18.2 Å². The second kappa shape index (κ2) is 5.34. The van der Waals surface area contributed by atoms with Gasteiger partial charge in [0.25, 0.3) is 5.95 Å². The summed E-state index contributed by atoms with van der Waals surface area (Å²) >= 11 is 1.23. The number of anilines is 1. The molecule has 120 valence electrons. The van der Waals surface area contributed by atoms with Crippen LogP contribution in [0.4, 0.5) is 19.1 Å². The molecule has 2 heterocycles. The highest BCUT2D eigenvalue weighted by Gasteiger charge is 2.39. The first kappa shape index (κ1) is 15.5. The van der Waals surface area contributed by atoms with Gasteiger partial charge in [0, 0.05) is 10.9 Å². The lowest BCUT2D eigenvalue weighted by Gasteiger charge is -2.05. The molecule has 0 aliphatic heterocycles. The van der Waals surface area contributed by atoms with E-state index in [4.69, 9.17) is 0 Å².